The first-order valence-electron chi connectivity index (χ1n) is 10.2. The molecule has 0 amide bonds. The van der Waals surface area contributed by atoms with Gasteiger partial charge in [-0.3, -0.25) is 4.79 Å². The first-order chi connectivity index (χ1) is 16.7. The number of aryl methyl sites for hydroxylation is 1. The van der Waals surface area contributed by atoms with Crippen LogP contribution in [0, 0.1) is 24.4 Å². The number of halogens is 3. The van der Waals surface area contributed by atoms with Crippen molar-refractivity contribution in [3.63, 3.8) is 0 Å². The van der Waals surface area contributed by atoms with E-state index in [-0.39, 0.29) is 21.8 Å². The Morgan fingerprint density at radius 1 is 0.971 bits per heavy atom. The van der Waals surface area contributed by atoms with Gasteiger partial charge in [-0.1, -0.05) is 0 Å². The number of rotatable bonds is 7. The van der Waals surface area contributed by atoms with Gasteiger partial charge < -0.3 is 14.6 Å². The van der Waals surface area contributed by atoms with Crippen LogP contribution in [0.5, 0.6) is 17.2 Å². The normalized spacial score (nSPS) is 11.2. The lowest BCUT2D eigenvalue weighted by Gasteiger charge is -2.11. The lowest BCUT2D eigenvalue weighted by atomic mass is 10.0. The second-order valence-corrected chi connectivity index (χ2v) is 8.55. The highest BCUT2D eigenvalue weighted by atomic mass is 32.1. The summed E-state index contributed by atoms with van der Waals surface area (Å²) in [6.45, 7) is 1.58. The van der Waals surface area contributed by atoms with Crippen LogP contribution in [-0.2, 0) is 4.79 Å². The summed E-state index contributed by atoms with van der Waals surface area (Å²) >= 11 is 1.05. The molecule has 0 bridgehead atoms. The summed E-state index contributed by atoms with van der Waals surface area (Å²) < 4.78 is 54.7. The summed E-state index contributed by atoms with van der Waals surface area (Å²) in [6, 6.07) is 10.4. The summed E-state index contributed by atoms with van der Waals surface area (Å²) in [5, 5.41) is 9.15. The van der Waals surface area contributed by atoms with Crippen molar-refractivity contribution in [1.29, 1.82) is 0 Å². The van der Waals surface area contributed by atoms with Crippen molar-refractivity contribution in [1.82, 2.24) is 0 Å². The number of benzene rings is 3. The van der Waals surface area contributed by atoms with Crippen LogP contribution in [0.15, 0.2) is 54.6 Å². The monoisotopic (exact) mass is 498 g/mol. The van der Waals surface area contributed by atoms with Crippen molar-refractivity contribution in [3.05, 3.63) is 93.6 Å². The molecule has 1 heterocycles. The van der Waals surface area contributed by atoms with E-state index in [4.69, 9.17) is 14.6 Å². The number of thiophene rings is 1. The molecule has 4 rings (SSSR count). The fourth-order valence-electron chi connectivity index (χ4n) is 3.48. The molecule has 3 aromatic carbocycles. The average molecular weight is 498 g/mol. The van der Waals surface area contributed by atoms with Crippen LogP contribution >= 0.6 is 11.3 Å². The minimum absolute atomic E-state index is 0.0205. The first-order valence-corrected chi connectivity index (χ1v) is 11.0. The van der Waals surface area contributed by atoms with Gasteiger partial charge in [0.2, 0.25) is 5.78 Å². The zero-order chi connectivity index (χ0) is 25.3. The highest BCUT2D eigenvalue weighted by Gasteiger charge is 2.25. The van der Waals surface area contributed by atoms with Gasteiger partial charge in [-0.2, -0.15) is 0 Å². The zero-order valence-electron chi connectivity index (χ0n) is 18.4. The number of methoxy groups -OCH3 is 1. The molecule has 0 spiro atoms. The van der Waals surface area contributed by atoms with E-state index in [1.165, 1.54) is 19.2 Å². The van der Waals surface area contributed by atoms with E-state index in [1.807, 2.05) is 0 Å². The second-order valence-electron chi connectivity index (χ2n) is 7.50. The summed E-state index contributed by atoms with van der Waals surface area (Å²) in [5.74, 6) is -4.75. The second kappa shape index (κ2) is 9.63. The lowest BCUT2D eigenvalue weighted by Crippen LogP contribution is -2.04. The molecular weight excluding hydrogens is 481 g/mol. The maximum atomic E-state index is 14.8. The summed E-state index contributed by atoms with van der Waals surface area (Å²) in [4.78, 5) is 24.2. The van der Waals surface area contributed by atoms with E-state index < -0.39 is 35.0 Å². The Balaban J connectivity index is 1.85. The van der Waals surface area contributed by atoms with E-state index in [2.05, 4.69) is 0 Å². The Morgan fingerprint density at radius 3 is 2.31 bits per heavy atom. The number of hydrogen-bond donors (Lipinski definition) is 1. The minimum Gasteiger partial charge on any atom is -0.497 e. The number of carbonyl (C=O) groups excluding carboxylic acids is 1. The van der Waals surface area contributed by atoms with Gasteiger partial charge >= 0.3 is 5.97 Å². The molecule has 178 valence electrons. The third kappa shape index (κ3) is 4.90. The van der Waals surface area contributed by atoms with E-state index in [1.54, 1.807) is 25.1 Å². The largest absolute Gasteiger partial charge is 0.497 e. The molecule has 0 saturated heterocycles. The lowest BCUT2D eigenvalue weighted by molar-refractivity contribution is -0.131. The molecule has 0 aliphatic rings. The Hall–Kier alpha value is -4.11. The zero-order valence-corrected chi connectivity index (χ0v) is 19.2. The van der Waals surface area contributed by atoms with Gasteiger partial charge in [0, 0.05) is 21.7 Å². The Bertz CT molecular complexity index is 1480. The number of fused-ring (bicyclic) bond motifs is 1. The van der Waals surface area contributed by atoms with Crippen LogP contribution in [0.3, 0.4) is 0 Å². The average Bonchev–Trinajstić information content (AvgIpc) is 3.17. The Kier molecular flexibility index (Phi) is 6.61. The fourth-order valence-corrected chi connectivity index (χ4v) is 4.59. The molecule has 0 fully saturated rings. The van der Waals surface area contributed by atoms with Crippen molar-refractivity contribution < 1.29 is 37.3 Å². The molecular formula is C26H17F3O5S. The summed E-state index contributed by atoms with van der Waals surface area (Å²) in [6.07, 6.45) is 1.78. The van der Waals surface area contributed by atoms with Gasteiger partial charge in [-0.25, -0.2) is 18.0 Å². The SMILES string of the molecule is COc1ccc2c(Oc3c(F)cc(/C=C/C(=O)O)cc3F)c(C(=O)c3ccc(F)cc3C)sc2c1. The maximum absolute atomic E-state index is 14.8. The Morgan fingerprint density at radius 2 is 1.69 bits per heavy atom. The standard InChI is InChI=1S/C26H17F3O5S/c1-13-9-15(27)4-6-17(13)23(32)26-24(18-7-5-16(33-2)12-21(18)35-26)34-25-19(28)10-14(11-20(25)29)3-8-22(30)31/h3-12H,1-2H3,(H,30,31)/b8-3+. The molecule has 0 aliphatic heterocycles. The molecule has 0 unspecified atom stereocenters. The van der Waals surface area contributed by atoms with Crippen LogP contribution in [0.25, 0.3) is 16.2 Å². The van der Waals surface area contributed by atoms with Gasteiger partial charge in [-0.05, 0) is 72.7 Å². The van der Waals surface area contributed by atoms with Crippen molar-refractivity contribution in [3.8, 4) is 17.2 Å². The maximum Gasteiger partial charge on any atom is 0.328 e. The van der Waals surface area contributed by atoms with Gasteiger partial charge in [0.25, 0.3) is 0 Å². The van der Waals surface area contributed by atoms with E-state index in [0.29, 0.717) is 21.4 Å². The van der Waals surface area contributed by atoms with Crippen LogP contribution in [-0.4, -0.2) is 24.0 Å². The molecule has 4 aromatic rings. The highest BCUT2D eigenvalue weighted by molar-refractivity contribution is 7.21. The molecule has 0 radical (unpaired) electrons. The number of carbonyl (C=O) groups is 2. The summed E-state index contributed by atoms with van der Waals surface area (Å²) in [7, 11) is 1.48. The van der Waals surface area contributed by atoms with Crippen molar-refractivity contribution in [2.75, 3.05) is 7.11 Å². The topological polar surface area (TPSA) is 72.8 Å². The third-order valence-electron chi connectivity index (χ3n) is 5.13. The molecule has 0 aliphatic carbocycles. The van der Waals surface area contributed by atoms with Crippen molar-refractivity contribution in [2.45, 2.75) is 6.92 Å². The van der Waals surface area contributed by atoms with Gasteiger partial charge in [-0.15, -0.1) is 11.3 Å². The summed E-state index contributed by atoms with van der Waals surface area (Å²) in [5.41, 5.74) is 0.584. The molecule has 0 saturated carbocycles. The third-order valence-corrected chi connectivity index (χ3v) is 6.27. The van der Waals surface area contributed by atoms with E-state index in [9.17, 15) is 22.8 Å². The van der Waals surface area contributed by atoms with Gasteiger partial charge in [0.05, 0.1) is 7.11 Å². The number of ketones is 1. The molecule has 5 nitrogen and oxygen atoms in total. The van der Waals surface area contributed by atoms with Crippen LogP contribution in [0.1, 0.15) is 26.4 Å². The fraction of sp³-hybridized carbons (Fsp3) is 0.0769. The van der Waals surface area contributed by atoms with Gasteiger partial charge in [0.1, 0.15) is 16.4 Å². The van der Waals surface area contributed by atoms with Gasteiger partial charge in [0.15, 0.2) is 23.1 Å². The number of aliphatic carboxylic acids is 1. The number of carboxylic acids is 1. The first kappa shape index (κ1) is 24.0. The van der Waals surface area contributed by atoms with Crippen molar-refractivity contribution in [2.24, 2.45) is 0 Å². The smallest absolute Gasteiger partial charge is 0.328 e. The van der Waals surface area contributed by atoms with Crippen LogP contribution in [0.4, 0.5) is 13.2 Å². The molecule has 1 aromatic heterocycles. The number of hydrogen-bond acceptors (Lipinski definition) is 5. The highest BCUT2D eigenvalue weighted by Crippen LogP contribution is 2.44. The number of carboxylic acid groups (broad SMARTS) is 1. The van der Waals surface area contributed by atoms with Crippen LogP contribution < -0.4 is 9.47 Å². The quantitative estimate of drug-likeness (QED) is 0.225. The molecule has 1 N–H and O–H groups in total. The molecule has 9 heteroatoms. The Labute approximate surface area is 201 Å². The van der Waals surface area contributed by atoms with Crippen molar-refractivity contribution >= 4 is 39.3 Å². The van der Waals surface area contributed by atoms with E-state index in [0.717, 1.165) is 41.7 Å². The predicted octanol–water partition coefficient (Wildman–Crippen LogP) is 6.76. The van der Waals surface area contributed by atoms with Crippen LogP contribution in [0.2, 0.25) is 0 Å². The molecule has 35 heavy (non-hydrogen) atoms. The minimum atomic E-state index is -1.27. The van der Waals surface area contributed by atoms with E-state index >= 15 is 0 Å². The predicted molar refractivity (Wildman–Crippen MR) is 126 cm³/mol. The molecule has 0 atom stereocenters. The number of ether oxygens (including phenoxy) is 2.